The second kappa shape index (κ2) is 6.40. The number of anilines is 1. The summed E-state index contributed by atoms with van der Waals surface area (Å²) < 4.78 is 5.87. The molecule has 3 aromatic rings. The SMILES string of the molecule is Cc1ccc(C(C)(C)c2ccc(Oc3ccc(N)cc3)cc2)cc1. The highest BCUT2D eigenvalue weighted by molar-refractivity contribution is 5.44. The highest BCUT2D eigenvalue weighted by Gasteiger charge is 2.22. The number of aryl methyl sites for hydroxylation is 1. The maximum atomic E-state index is 5.87. The number of nitrogens with two attached hydrogens (primary N) is 1. The van der Waals surface area contributed by atoms with Crippen molar-refractivity contribution in [2.75, 3.05) is 5.73 Å². The lowest BCUT2D eigenvalue weighted by Crippen LogP contribution is -2.18. The summed E-state index contributed by atoms with van der Waals surface area (Å²) in [6, 6.07) is 24.4. The largest absolute Gasteiger partial charge is 0.457 e. The van der Waals surface area contributed by atoms with Crippen molar-refractivity contribution < 1.29 is 4.74 Å². The van der Waals surface area contributed by atoms with E-state index in [4.69, 9.17) is 10.5 Å². The number of ether oxygens (including phenoxy) is 1. The highest BCUT2D eigenvalue weighted by atomic mass is 16.5. The maximum Gasteiger partial charge on any atom is 0.127 e. The van der Waals surface area contributed by atoms with E-state index in [2.05, 4.69) is 57.2 Å². The predicted octanol–water partition coefficient (Wildman–Crippen LogP) is 5.70. The second-order valence-electron chi connectivity index (χ2n) is 6.69. The van der Waals surface area contributed by atoms with Crippen molar-refractivity contribution in [2.24, 2.45) is 0 Å². The van der Waals surface area contributed by atoms with Gasteiger partial charge in [0.15, 0.2) is 0 Å². The van der Waals surface area contributed by atoms with Gasteiger partial charge in [-0.25, -0.2) is 0 Å². The molecule has 0 aromatic heterocycles. The average molecular weight is 317 g/mol. The Labute approximate surface area is 143 Å². The van der Waals surface area contributed by atoms with Gasteiger partial charge in [0.1, 0.15) is 11.5 Å². The van der Waals surface area contributed by atoms with Crippen molar-refractivity contribution in [2.45, 2.75) is 26.2 Å². The Morgan fingerprint density at radius 2 is 1.08 bits per heavy atom. The fraction of sp³-hybridized carbons (Fsp3) is 0.182. The summed E-state index contributed by atoms with van der Waals surface area (Å²) in [4.78, 5) is 0. The Bertz CT molecular complexity index is 800. The van der Waals surface area contributed by atoms with E-state index in [0.717, 1.165) is 17.2 Å². The van der Waals surface area contributed by atoms with Crippen LogP contribution in [0.4, 0.5) is 5.69 Å². The number of hydrogen-bond donors (Lipinski definition) is 1. The number of rotatable bonds is 4. The topological polar surface area (TPSA) is 35.2 Å². The first kappa shape index (κ1) is 16.1. The zero-order valence-corrected chi connectivity index (χ0v) is 14.4. The normalized spacial score (nSPS) is 11.3. The molecule has 0 unspecified atom stereocenters. The summed E-state index contributed by atoms with van der Waals surface area (Å²) in [7, 11) is 0. The van der Waals surface area contributed by atoms with Gasteiger partial charge in [0.05, 0.1) is 0 Å². The lowest BCUT2D eigenvalue weighted by atomic mass is 9.78. The Hall–Kier alpha value is -2.74. The van der Waals surface area contributed by atoms with Crippen molar-refractivity contribution in [3.8, 4) is 11.5 Å². The molecule has 0 saturated carbocycles. The average Bonchev–Trinajstić information content (AvgIpc) is 2.58. The lowest BCUT2D eigenvalue weighted by molar-refractivity contribution is 0.482. The molecule has 0 amide bonds. The van der Waals surface area contributed by atoms with Crippen LogP contribution < -0.4 is 10.5 Å². The van der Waals surface area contributed by atoms with Gasteiger partial charge in [0, 0.05) is 11.1 Å². The van der Waals surface area contributed by atoms with Crippen molar-refractivity contribution in [1.82, 2.24) is 0 Å². The fourth-order valence-corrected chi connectivity index (χ4v) is 2.75. The zero-order valence-electron chi connectivity index (χ0n) is 14.4. The summed E-state index contributed by atoms with van der Waals surface area (Å²) in [5, 5.41) is 0. The summed E-state index contributed by atoms with van der Waals surface area (Å²) >= 11 is 0. The third-order valence-corrected chi connectivity index (χ3v) is 4.47. The minimum atomic E-state index is -0.0482. The van der Waals surface area contributed by atoms with Gasteiger partial charge in [0.2, 0.25) is 0 Å². The van der Waals surface area contributed by atoms with Crippen LogP contribution in [0.5, 0.6) is 11.5 Å². The van der Waals surface area contributed by atoms with Gasteiger partial charge in [-0.15, -0.1) is 0 Å². The molecule has 122 valence electrons. The predicted molar refractivity (Wildman–Crippen MR) is 101 cm³/mol. The van der Waals surface area contributed by atoms with Crippen molar-refractivity contribution in [1.29, 1.82) is 0 Å². The molecule has 0 spiro atoms. The van der Waals surface area contributed by atoms with Crippen LogP contribution in [-0.2, 0) is 5.41 Å². The van der Waals surface area contributed by atoms with E-state index in [-0.39, 0.29) is 5.41 Å². The smallest absolute Gasteiger partial charge is 0.127 e. The third-order valence-electron chi connectivity index (χ3n) is 4.47. The molecule has 0 radical (unpaired) electrons. The Balaban J connectivity index is 1.80. The number of nitrogen functional groups attached to an aromatic ring is 1. The van der Waals surface area contributed by atoms with Crippen LogP contribution in [0, 0.1) is 6.92 Å². The van der Waals surface area contributed by atoms with E-state index < -0.39 is 0 Å². The van der Waals surface area contributed by atoms with Gasteiger partial charge in [-0.2, -0.15) is 0 Å². The van der Waals surface area contributed by atoms with Gasteiger partial charge in [-0.3, -0.25) is 0 Å². The summed E-state index contributed by atoms with van der Waals surface area (Å²) in [5.41, 5.74) is 10.2. The van der Waals surface area contributed by atoms with Crippen molar-refractivity contribution in [3.63, 3.8) is 0 Å². The molecule has 2 nitrogen and oxygen atoms in total. The molecule has 3 aromatic carbocycles. The van der Waals surface area contributed by atoms with E-state index in [1.165, 1.54) is 16.7 Å². The van der Waals surface area contributed by atoms with Gasteiger partial charge >= 0.3 is 0 Å². The first-order valence-electron chi connectivity index (χ1n) is 8.16. The van der Waals surface area contributed by atoms with Gasteiger partial charge < -0.3 is 10.5 Å². The van der Waals surface area contributed by atoms with Crippen LogP contribution in [0.3, 0.4) is 0 Å². The summed E-state index contributed by atoms with van der Waals surface area (Å²) in [6.45, 7) is 6.60. The molecular weight excluding hydrogens is 294 g/mol. The monoisotopic (exact) mass is 317 g/mol. The van der Waals surface area contributed by atoms with Crippen LogP contribution in [0.15, 0.2) is 72.8 Å². The van der Waals surface area contributed by atoms with E-state index in [9.17, 15) is 0 Å². The molecule has 2 heteroatoms. The second-order valence-corrected chi connectivity index (χ2v) is 6.69. The highest BCUT2D eigenvalue weighted by Crippen LogP contribution is 2.33. The Kier molecular flexibility index (Phi) is 4.30. The molecule has 0 saturated heterocycles. The van der Waals surface area contributed by atoms with Gasteiger partial charge in [0.25, 0.3) is 0 Å². The Morgan fingerprint density at radius 3 is 1.58 bits per heavy atom. The number of benzene rings is 3. The van der Waals surface area contributed by atoms with Gasteiger partial charge in [-0.1, -0.05) is 55.8 Å². The molecule has 0 atom stereocenters. The molecule has 24 heavy (non-hydrogen) atoms. The van der Waals surface area contributed by atoms with Crippen LogP contribution >= 0.6 is 0 Å². The maximum absolute atomic E-state index is 5.87. The fourth-order valence-electron chi connectivity index (χ4n) is 2.75. The molecule has 0 aliphatic rings. The molecular formula is C22H23NO. The van der Waals surface area contributed by atoms with Crippen molar-refractivity contribution >= 4 is 5.69 Å². The van der Waals surface area contributed by atoms with Gasteiger partial charge in [-0.05, 0) is 54.4 Å². The quantitative estimate of drug-likeness (QED) is 0.627. The zero-order chi connectivity index (χ0) is 17.2. The molecule has 0 aliphatic carbocycles. The van der Waals surface area contributed by atoms with E-state index >= 15 is 0 Å². The Morgan fingerprint density at radius 1 is 0.667 bits per heavy atom. The third kappa shape index (κ3) is 3.43. The van der Waals surface area contributed by atoms with Crippen LogP contribution in [0.1, 0.15) is 30.5 Å². The van der Waals surface area contributed by atoms with E-state index in [1.807, 2.05) is 36.4 Å². The summed E-state index contributed by atoms with van der Waals surface area (Å²) in [6.07, 6.45) is 0. The van der Waals surface area contributed by atoms with E-state index in [0.29, 0.717) is 0 Å². The lowest BCUT2D eigenvalue weighted by Gasteiger charge is -2.26. The van der Waals surface area contributed by atoms with Crippen LogP contribution in [0.2, 0.25) is 0 Å². The van der Waals surface area contributed by atoms with Crippen molar-refractivity contribution in [3.05, 3.63) is 89.5 Å². The molecule has 0 aliphatic heterocycles. The van der Waals surface area contributed by atoms with Crippen LogP contribution in [-0.4, -0.2) is 0 Å². The first-order valence-corrected chi connectivity index (χ1v) is 8.16. The number of hydrogen-bond acceptors (Lipinski definition) is 2. The molecule has 0 heterocycles. The van der Waals surface area contributed by atoms with E-state index in [1.54, 1.807) is 0 Å². The van der Waals surface area contributed by atoms with Crippen LogP contribution in [0.25, 0.3) is 0 Å². The summed E-state index contributed by atoms with van der Waals surface area (Å²) in [5.74, 6) is 1.61. The molecule has 2 N–H and O–H groups in total. The first-order chi connectivity index (χ1) is 11.4. The minimum Gasteiger partial charge on any atom is -0.457 e. The molecule has 0 fully saturated rings. The molecule has 0 bridgehead atoms. The minimum absolute atomic E-state index is 0.0482. The standard InChI is InChI=1S/C22H23NO/c1-16-4-6-17(7-5-16)22(2,3)18-8-12-20(13-9-18)24-21-14-10-19(23)11-15-21/h4-15H,23H2,1-3H3. The molecule has 3 rings (SSSR count).